The minimum Gasteiger partial charge on any atom is -0.459 e. The van der Waals surface area contributed by atoms with Gasteiger partial charge in [-0.25, -0.2) is 9.59 Å². The number of ether oxygens (including phenoxy) is 4. The van der Waals surface area contributed by atoms with Crippen molar-refractivity contribution < 1.29 is 43.5 Å². The summed E-state index contributed by atoms with van der Waals surface area (Å²) in [7, 11) is 0. The Hall–Kier alpha value is -3.37. The Kier molecular flexibility index (Phi) is 9.08. The second-order valence-corrected chi connectivity index (χ2v) is 14.9. The molecule has 7 rings (SSSR count). The Balaban J connectivity index is 1.06. The van der Waals surface area contributed by atoms with Crippen molar-refractivity contribution in [3.05, 3.63) is 83.4 Å². The summed E-state index contributed by atoms with van der Waals surface area (Å²) in [6, 6.07) is 16.8. The summed E-state index contributed by atoms with van der Waals surface area (Å²) in [5.41, 5.74) is 1.83. The van der Waals surface area contributed by atoms with Crippen LogP contribution in [0, 0.1) is 28.6 Å². The number of carbonyl (C=O) groups is 3. The van der Waals surface area contributed by atoms with Crippen molar-refractivity contribution in [1.29, 1.82) is 0 Å². The molecule has 3 saturated carbocycles. The fourth-order valence-electron chi connectivity index (χ4n) is 9.58. The highest BCUT2D eigenvalue weighted by molar-refractivity contribution is 5.90. The lowest BCUT2D eigenvalue weighted by Crippen LogP contribution is -2.61. The number of aliphatic hydroxyl groups excluding tert-OH is 2. The molecule has 2 aromatic carbocycles. The molecule has 256 valence electrons. The number of hydrogen-bond acceptors (Lipinski definition) is 9. The lowest BCUT2D eigenvalue weighted by Gasteiger charge is -2.57. The Bertz CT molecular complexity index is 1540. The van der Waals surface area contributed by atoms with E-state index in [1.165, 1.54) is 5.57 Å². The highest BCUT2D eigenvalue weighted by atomic mass is 16.7. The molecule has 4 aliphatic carbocycles. The maximum atomic E-state index is 13.0. The zero-order valence-corrected chi connectivity index (χ0v) is 27.7. The maximum absolute atomic E-state index is 13.0. The van der Waals surface area contributed by atoms with E-state index in [2.05, 4.69) is 19.9 Å². The van der Waals surface area contributed by atoms with Gasteiger partial charge in [0, 0.05) is 11.8 Å². The summed E-state index contributed by atoms with van der Waals surface area (Å²) in [6.45, 7) is 4.24. The van der Waals surface area contributed by atoms with Crippen LogP contribution in [0.1, 0.15) is 85.9 Å². The average Bonchev–Trinajstić information content (AvgIpc) is 3.41. The van der Waals surface area contributed by atoms with Gasteiger partial charge in [-0.05, 0) is 92.4 Å². The fraction of sp³-hybridized carbons (Fsp3) is 0.564. The number of aliphatic hydroxyl groups is 2. The highest BCUT2D eigenvalue weighted by Gasteiger charge is 2.59. The highest BCUT2D eigenvalue weighted by Crippen LogP contribution is 2.64. The van der Waals surface area contributed by atoms with Crippen LogP contribution < -0.4 is 0 Å². The topological polar surface area (TPSA) is 129 Å². The molecule has 48 heavy (non-hydrogen) atoms. The Labute approximate surface area is 281 Å². The first-order chi connectivity index (χ1) is 23.1. The minimum atomic E-state index is -1.48. The van der Waals surface area contributed by atoms with Crippen LogP contribution in [0.2, 0.25) is 0 Å². The van der Waals surface area contributed by atoms with Gasteiger partial charge in [0.1, 0.15) is 30.7 Å². The summed E-state index contributed by atoms with van der Waals surface area (Å²) in [6.07, 6.45) is 2.45. The molecule has 0 radical (unpaired) electrons. The van der Waals surface area contributed by atoms with Gasteiger partial charge in [-0.15, -0.1) is 0 Å². The molecule has 2 aromatic rings. The molecule has 1 heterocycles. The first kappa shape index (κ1) is 33.1. The number of allylic oxidation sites excluding steroid dienone is 1. The van der Waals surface area contributed by atoms with E-state index < -0.39 is 42.6 Å². The molecule has 9 heteroatoms. The molecule has 4 fully saturated rings. The summed E-state index contributed by atoms with van der Waals surface area (Å²) < 4.78 is 23.7. The van der Waals surface area contributed by atoms with Gasteiger partial charge in [0.15, 0.2) is 12.4 Å². The SMILES string of the molecule is C[C@]12CC[C@H](O[C@@H]3O[C@H](COC(=O)c4ccccc4)[C@@H](O)[C@H](OC(=O)c4ccccc4)[C@H]3O)CC1=CC[C@@H]1[C@@H]2CC[C@]2(C)C(=O)CC[C@@H]12. The van der Waals surface area contributed by atoms with E-state index >= 15 is 0 Å². The van der Waals surface area contributed by atoms with Crippen LogP contribution in [0.3, 0.4) is 0 Å². The van der Waals surface area contributed by atoms with E-state index in [0.29, 0.717) is 41.9 Å². The standard InChI is InChI=1S/C39H46O9/c1-38-19-17-26(21-25(38)13-14-27-28-15-16-31(40)39(28,2)20-18-29(27)38)46-37-33(42)34(48-36(44)24-11-7-4-8-12-24)32(41)30(47-37)22-45-35(43)23-9-5-3-6-10-23/h3-13,26-30,32-34,37,41-42H,14-22H2,1-2H3/t26-,27-,28-,29-,30+,32+,33+,34-,37+,38-,39-/m0/s1. The molecule has 11 atom stereocenters. The molecule has 0 spiro atoms. The number of esters is 2. The first-order valence-electron chi connectivity index (χ1n) is 17.5. The summed E-state index contributed by atoms with van der Waals surface area (Å²) >= 11 is 0. The molecule has 0 aromatic heterocycles. The lowest BCUT2D eigenvalue weighted by atomic mass is 9.48. The molecule has 0 unspecified atom stereocenters. The van der Waals surface area contributed by atoms with Crippen molar-refractivity contribution >= 4 is 17.7 Å². The van der Waals surface area contributed by atoms with Gasteiger partial charge in [-0.2, -0.15) is 0 Å². The van der Waals surface area contributed by atoms with Gasteiger partial charge < -0.3 is 29.2 Å². The summed E-state index contributed by atoms with van der Waals surface area (Å²) in [5, 5.41) is 22.7. The molecule has 0 bridgehead atoms. The van der Waals surface area contributed by atoms with Crippen LogP contribution in [-0.4, -0.2) is 71.4 Å². The monoisotopic (exact) mass is 658 g/mol. The summed E-state index contributed by atoms with van der Waals surface area (Å²) in [5.74, 6) is 0.646. The van der Waals surface area contributed by atoms with Gasteiger partial charge >= 0.3 is 11.9 Å². The van der Waals surface area contributed by atoms with Crippen LogP contribution in [0.4, 0.5) is 0 Å². The Morgan fingerprint density at radius 2 is 1.50 bits per heavy atom. The van der Waals surface area contributed by atoms with Gasteiger partial charge in [0.05, 0.1) is 17.2 Å². The van der Waals surface area contributed by atoms with E-state index in [1.807, 2.05) is 0 Å². The van der Waals surface area contributed by atoms with Crippen molar-refractivity contribution in [2.24, 2.45) is 28.6 Å². The second kappa shape index (κ2) is 13.2. The lowest BCUT2D eigenvalue weighted by molar-refractivity contribution is -0.312. The van der Waals surface area contributed by atoms with Crippen molar-refractivity contribution in [2.75, 3.05) is 6.61 Å². The van der Waals surface area contributed by atoms with Gasteiger partial charge in [0.2, 0.25) is 0 Å². The third kappa shape index (κ3) is 5.93. The maximum Gasteiger partial charge on any atom is 0.338 e. The number of Topliss-reactive ketones (excluding diaryl/α,β-unsaturated/α-hetero) is 1. The molecule has 1 aliphatic heterocycles. The minimum absolute atomic E-state index is 0.0277. The molecule has 9 nitrogen and oxygen atoms in total. The Morgan fingerprint density at radius 1 is 0.854 bits per heavy atom. The molecule has 0 amide bonds. The number of carbonyl (C=O) groups excluding carboxylic acids is 3. The molecule has 1 saturated heterocycles. The van der Waals surface area contributed by atoms with Crippen LogP contribution in [0.25, 0.3) is 0 Å². The van der Waals surface area contributed by atoms with E-state index in [-0.39, 0.29) is 29.1 Å². The normalized spacial score (nSPS) is 39.0. The average molecular weight is 659 g/mol. The van der Waals surface area contributed by atoms with Crippen LogP contribution >= 0.6 is 0 Å². The molecular weight excluding hydrogens is 612 g/mol. The van der Waals surface area contributed by atoms with Crippen molar-refractivity contribution in [3.8, 4) is 0 Å². The predicted octanol–water partition coefficient (Wildman–Crippen LogP) is 5.43. The molecular formula is C39H46O9. The zero-order chi connectivity index (χ0) is 33.6. The predicted molar refractivity (Wildman–Crippen MR) is 175 cm³/mol. The zero-order valence-electron chi connectivity index (χ0n) is 27.7. The van der Waals surface area contributed by atoms with Gasteiger partial charge in [0.25, 0.3) is 0 Å². The van der Waals surface area contributed by atoms with Gasteiger partial charge in [-0.3, -0.25) is 4.79 Å². The second-order valence-electron chi connectivity index (χ2n) is 14.9. The number of benzene rings is 2. The molecule has 2 N–H and O–H groups in total. The fourth-order valence-corrected chi connectivity index (χ4v) is 9.58. The quantitative estimate of drug-likeness (QED) is 0.296. The van der Waals surface area contributed by atoms with Crippen LogP contribution in [-0.2, 0) is 23.7 Å². The largest absolute Gasteiger partial charge is 0.459 e. The Morgan fingerprint density at radius 3 is 2.21 bits per heavy atom. The van der Waals surface area contributed by atoms with E-state index in [4.69, 9.17) is 18.9 Å². The number of rotatable bonds is 7. The van der Waals surface area contributed by atoms with E-state index in [9.17, 15) is 24.6 Å². The first-order valence-corrected chi connectivity index (χ1v) is 17.5. The third-order valence-corrected chi connectivity index (χ3v) is 12.4. The van der Waals surface area contributed by atoms with Crippen molar-refractivity contribution in [1.82, 2.24) is 0 Å². The van der Waals surface area contributed by atoms with Crippen LogP contribution in [0.5, 0.6) is 0 Å². The van der Waals surface area contributed by atoms with Crippen molar-refractivity contribution in [3.63, 3.8) is 0 Å². The smallest absolute Gasteiger partial charge is 0.338 e. The number of fused-ring (bicyclic) bond motifs is 5. The van der Waals surface area contributed by atoms with Gasteiger partial charge in [-0.1, -0.05) is 61.9 Å². The third-order valence-electron chi connectivity index (χ3n) is 12.4. The van der Waals surface area contributed by atoms with Crippen LogP contribution in [0.15, 0.2) is 72.3 Å². The van der Waals surface area contributed by atoms with Crippen molar-refractivity contribution in [2.45, 2.75) is 102 Å². The molecule has 5 aliphatic rings. The summed E-state index contributed by atoms with van der Waals surface area (Å²) in [4.78, 5) is 38.6. The number of hydrogen-bond donors (Lipinski definition) is 2. The number of ketones is 1. The van der Waals surface area contributed by atoms with E-state index in [0.717, 1.165) is 38.5 Å². The van der Waals surface area contributed by atoms with E-state index in [1.54, 1.807) is 60.7 Å².